The molecule has 32 heavy (non-hydrogen) atoms. The molecular weight excluding hydrogens is 446 g/mol. The molecule has 0 aromatic rings. The maximum absolute atomic E-state index is 12.7. The van der Waals surface area contributed by atoms with Crippen LogP contribution in [-0.4, -0.2) is 82.0 Å². The highest BCUT2D eigenvalue weighted by Crippen LogP contribution is 2.06. The fraction of sp³-hybridized carbons (Fsp3) is 0.667. The number of rotatable bonds is 15. The highest BCUT2D eigenvalue weighted by atomic mass is 32.2. The molecular formula is C18H31N5O8S. The van der Waals surface area contributed by atoms with Crippen LogP contribution in [0.2, 0.25) is 0 Å². The number of nitrogens with two attached hydrogens (primary N) is 2. The summed E-state index contributed by atoms with van der Waals surface area (Å²) in [6.07, 6.45) is 0.357. The van der Waals surface area contributed by atoms with E-state index in [4.69, 9.17) is 21.7 Å². The minimum absolute atomic E-state index is 0.171. The van der Waals surface area contributed by atoms with Crippen molar-refractivity contribution in [1.82, 2.24) is 16.0 Å². The molecule has 4 amide bonds. The van der Waals surface area contributed by atoms with E-state index in [1.165, 1.54) is 11.8 Å². The van der Waals surface area contributed by atoms with E-state index >= 15 is 0 Å². The number of nitrogens with one attached hydrogen (secondary N) is 3. The first-order valence-corrected chi connectivity index (χ1v) is 11.1. The van der Waals surface area contributed by atoms with Crippen molar-refractivity contribution in [2.45, 2.75) is 57.3 Å². The smallest absolute Gasteiger partial charge is 0.326 e. The maximum Gasteiger partial charge on any atom is 0.326 e. The van der Waals surface area contributed by atoms with Gasteiger partial charge in [-0.15, -0.1) is 0 Å². The number of aliphatic carboxylic acids is 2. The van der Waals surface area contributed by atoms with E-state index in [1.807, 2.05) is 5.32 Å². The molecule has 0 aliphatic rings. The Balaban J connectivity index is 5.51. The van der Waals surface area contributed by atoms with Crippen LogP contribution in [0.1, 0.15) is 33.1 Å². The quantitative estimate of drug-likeness (QED) is 0.132. The number of thioether (sulfide) groups is 1. The minimum atomic E-state index is -1.70. The topological polar surface area (TPSA) is 231 Å². The van der Waals surface area contributed by atoms with Crippen molar-refractivity contribution in [2.75, 3.05) is 12.0 Å². The second-order valence-electron chi connectivity index (χ2n) is 7.34. The Hall–Kier alpha value is -2.87. The summed E-state index contributed by atoms with van der Waals surface area (Å²) in [5, 5.41) is 24.9. The molecule has 0 saturated carbocycles. The zero-order chi connectivity index (χ0) is 25.0. The molecule has 0 aromatic carbocycles. The summed E-state index contributed by atoms with van der Waals surface area (Å²) >= 11 is 1.40. The van der Waals surface area contributed by atoms with Gasteiger partial charge in [0.1, 0.15) is 18.1 Å². The Labute approximate surface area is 189 Å². The number of amides is 4. The zero-order valence-corrected chi connectivity index (χ0v) is 18.9. The summed E-state index contributed by atoms with van der Waals surface area (Å²) < 4.78 is 0. The number of hydrogen-bond acceptors (Lipinski definition) is 8. The molecule has 4 atom stereocenters. The van der Waals surface area contributed by atoms with Gasteiger partial charge in [-0.25, -0.2) is 4.79 Å². The van der Waals surface area contributed by atoms with Crippen LogP contribution in [0.25, 0.3) is 0 Å². The zero-order valence-electron chi connectivity index (χ0n) is 18.1. The summed E-state index contributed by atoms with van der Waals surface area (Å²) in [7, 11) is 0. The second kappa shape index (κ2) is 14.2. The molecule has 0 rings (SSSR count). The van der Waals surface area contributed by atoms with Gasteiger partial charge in [0.05, 0.1) is 18.9 Å². The van der Waals surface area contributed by atoms with Crippen molar-refractivity contribution in [3.8, 4) is 0 Å². The molecule has 13 nitrogen and oxygen atoms in total. The van der Waals surface area contributed by atoms with E-state index in [-0.39, 0.29) is 12.3 Å². The number of carboxylic acids is 2. The maximum atomic E-state index is 12.7. The first kappa shape index (κ1) is 29.1. The van der Waals surface area contributed by atoms with Gasteiger partial charge >= 0.3 is 11.9 Å². The van der Waals surface area contributed by atoms with Crippen LogP contribution in [0.4, 0.5) is 0 Å². The number of primary amides is 1. The van der Waals surface area contributed by atoms with Gasteiger partial charge in [-0.05, 0) is 24.3 Å². The van der Waals surface area contributed by atoms with Gasteiger partial charge in [0.2, 0.25) is 23.6 Å². The van der Waals surface area contributed by atoms with Gasteiger partial charge in [0.25, 0.3) is 0 Å². The second-order valence-corrected chi connectivity index (χ2v) is 8.33. The number of carbonyl (C=O) groups excluding carboxylic acids is 4. The molecule has 4 unspecified atom stereocenters. The third kappa shape index (κ3) is 10.9. The van der Waals surface area contributed by atoms with Gasteiger partial charge in [0.15, 0.2) is 0 Å². The summed E-state index contributed by atoms with van der Waals surface area (Å²) in [6, 6.07) is -5.36. The van der Waals surface area contributed by atoms with Crippen LogP contribution >= 0.6 is 11.8 Å². The van der Waals surface area contributed by atoms with Crippen LogP contribution in [0.3, 0.4) is 0 Å². The minimum Gasteiger partial charge on any atom is -0.481 e. The first-order valence-electron chi connectivity index (χ1n) is 9.68. The molecule has 0 aliphatic carbocycles. The van der Waals surface area contributed by atoms with Crippen molar-refractivity contribution in [3.05, 3.63) is 0 Å². The highest BCUT2D eigenvalue weighted by Gasteiger charge is 2.32. The normalized spacial score (nSPS) is 14.5. The number of carbonyl (C=O) groups is 6. The summed E-state index contributed by atoms with van der Waals surface area (Å²) in [5.74, 6) is -6.32. The van der Waals surface area contributed by atoms with E-state index in [0.29, 0.717) is 5.75 Å². The summed E-state index contributed by atoms with van der Waals surface area (Å²) in [5.41, 5.74) is 10.7. The molecule has 0 aliphatic heterocycles. The van der Waals surface area contributed by atoms with Gasteiger partial charge in [-0.3, -0.25) is 24.0 Å². The Morgan fingerprint density at radius 2 is 1.34 bits per heavy atom. The SMILES string of the molecule is CSCCC(NC(=O)C(N)C(C)C)C(=O)NC(CC(=O)O)C(=O)NC(CC(N)=O)C(=O)O. The Morgan fingerprint density at radius 3 is 1.78 bits per heavy atom. The fourth-order valence-electron chi connectivity index (χ4n) is 2.40. The molecule has 14 heteroatoms. The molecule has 182 valence electrons. The summed E-state index contributed by atoms with van der Waals surface area (Å²) in [6.45, 7) is 3.44. The fourth-order valence-corrected chi connectivity index (χ4v) is 2.88. The van der Waals surface area contributed by atoms with Crippen LogP contribution < -0.4 is 27.4 Å². The lowest BCUT2D eigenvalue weighted by molar-refractivity contribution is -0.144. The monoisotopic (exact) mass is 477 g/mol. The van der Waals surface area contributed by atoms with Crippen molar-refractivity contribution in [2.24, 2.45) is 17.4 Å². The average Bonchev–Trinajstić information content (AvgIpc) is 2.68. The predicted molar refractivity (Wildman–Crippen MR) is 115 cm³/mol. The van der Waals surface area contributed by atoms with Gasteiger partial charge in [-0.1, -0.05) is 13.8 Å². The van der Waals surface area contributed by atoms with Gasteiger partial charge < -0.3 is 37.6 Å². The van der Waals surface area contributed by atoms with E-state index in [9.17, 15) is 28.8 Å². The molecule has 0 spiro atoms. The lowest BCUT2D eigenvalue weighted by atomic mass is 10.0. The predicted octanol–water partition coefficient (Wildman–Crippen LogP) is -2.39. The Morgan fingerprint density at radius 1 is 0.844 bits per heavy atom. The van der Waals surface area contributed by atoms with Crippen LogP contribution in [0.15, 0.2) is 0 Å². The van der Waals surface area contributed by atoms with E-state index < -0.39 is 72.6 Å². The number of hydrogen-bond donors (Lipinski definition) is 7. The van der Waals surface area contributed by atoms with Crippen molar-refractivity contribution >= 4 is 47.3 Å². The molecule has 0 fully saturated rings. The van der Waals surface area contributed by atoms with E-state index in [0.717, 1.165) is 0 Å². The van der Waals surface area contributed by atoms with Gasteiger partial charge in [0, 0.05) is 0 Å². The largest absolute Gasteiger partial charge is 0.481 e. The van der Waals surface area contributed by atoms with Gasteiger partial charge in [-0.2, -0.15) is 11.8 Å². The molecule has 0 aromatic heterocycles. The van der Waals surface area contributed by atoms with Crippen molar-refractivity contribution in [1.29, 1.82) is 0 Å². The molecule has 0 saturated heterocycles. The highest BCUT2D eigenvalue weighted by molar-refractivity contribution is 7.98. The third-order valence-corrected chi connectivity index (χ3v) is 4.94. The first-order chi connectivity index (χ1) is 14.8. The van der Waals surface area contributed by atoms with Crippen LogP contribution in [0, 0.1) is 5.92 Å². The lowest BCUT2D eigenvalue weighted by Crippen LogP contribution is -2.58. The number of carboxylic acid groups (broad SMARTS) is 2. The van der Waals surface area contributed by atoms with E-state index in [1.54, 1.807) is 20.1 Å². The Bertz CT molecular complexity index is 717. The molecule has 9 N–H and O–H groups in total. The van der Waals surface area contributed by atoms with Crippen molar-refractivity contribution in [3.63, 3.8) is 0 Å². The van der Waals surface area contributed by atoms with Crippen LogP contribution in [0.5, 0.6) is 0 Å². The van der Waals surface area contributed by atoms with Crippen molar-refractivity contribution < 1.29 is 39.0 Å². The van der Waals surface area contributed by atoms with E-state index in [2.05, 4.69) is 10.6 Å². The Kier molecular flexibility index (Phi) is 13.0. The summed E-state index contributed by atoms with van der Waals surface area (Å²) in [4.78, 5) is 70.8. The van der Waals surface area contributed by atoms with Crippen LogP contribution in [-0.2, 0) is 28.8 Å². The molecule has 0 radical (unpaired) electrons. The third-order valence-electron chi connectivity index (χ3n) is 4.30. The molecule has 0 bridgehead atoms. The standard InChI is InChI=1S/C18H31N5O8S/c1-8(2)14(20)17(29)21-9(4-5-32-3)15(27)22-10(7-13(25)26)16(28)23-11(18(30)31)6-12(19)24/h8-11,14H,4-7,20H2,1-3H3,(H2,19,24)(H,21,29)(H,22,27)(H,23,28)(H,25,26)(H,30,31). The lowest BCUT2D eigenvalue weighted by Gasteiger charge is -2.25. The molecule has 0 heterocycles. The average molecular weight is 478 g/mol.